The monoisotopic (exact) mass is 408 g/mol. The topological polar surface area (TPSA) is 94.7 Å². The maximum absolute atomic E-state index is 12.8. The average Bonchev–Trinajstić information content (AvgIpc) is 3.14. The third kappa shape index (κ3) is 4.17. The van der Waals surface area contributed by atoms with Gasteiger partial charge in [-0.15, -0.1) is 0 Å². The van der Waals surface area contributed by atoms with Gasteiger partial charge in [0.2, 0.25) is 0 Å². The number of amides is 1. The van der Waals surface area contributed by atoms with Crippen LogP contribution in [0.25, 0.3) is 11.0 Å². The molecule has 0 saturated heterocycles. The van der Waals surface area contributed by atoms with Gasteiger partial charge in [0.25, 0.3) is 11.5 Å². The minimum Gasteiger partial charge on any atom is -0.350 e. The van der Waals surface area contributed by atoms with Crippen molar-refractivity contribution in [2.45, 2.75) is 13.1 Å². The van der Waals surface area contributed by atoms with E-state index in [4.69, 9.17) is 11.6 Å². The third-order valence-corrected chi connectivity index (χ3v) is 4.65. The van der Waals surface area contributed by atoms with Crippen LogP contribution in [0.1, 0.15) is 15.9 Å². The molecule has 4 aromatic rings. The Balaban J connectivity index is 1.47. The zero-order valence-electron chi connectivity index (χ0n) is 15.3. The summed E-state index contributed by atoms with van der Waals surface area (Å²) in [5.41, 5.74) is 1.75. The Morgan fingerprint density at radius 2 is 2.00 bits per heavy atom. The largest absolute Gasteiger partial charge is 0.350 e. The van der Waals surface area contributed by atoms with E-state index in [9.17, 15) is 9.59 Å². The molecule has 0 aliphatic heterocycles. The van der Waals surface area contributed by atoms with Crippen molar-refractivity contribution in [1.82, 2.24) is 29.6 Å². The molecule has 29 heavy (non-hydrogen) atoms. The Kier molecular flexibility index (Phi) is 5.35. The lowest BCUT2D eigenvalue weighted by molar-refractivity contribution is 0.0952. The van der Waals surface area contributed by atoms with Gasteiger partial charge in [0.15, 0.2) is 5.65 Å². The Labute approximate surface area is 170 Å². The van der Waals surface area contributed by atoms with E-state index in [-0.39, 0.29) is 11.5 Å². The molecule has 4 rings (SSSR count). The fourth-order valence-corrected chi connectivity index (χ4v) is 3.20. The molecular formula is C20H17ClN6O2. The first-order valence-corrected chi connectivity index (χ1v) is 9.33. The van der Waals surface area contributed by atoms with Crippen LogP contribution in [0.2, 0.25) is 5.02 Å². The molecule has 1 amide bonds. The number of rotatable bonds is 6. The van der Waals surface area contributed by atoms with Crippen molar-refractivity contribution in [1.29, 1.82) is 0 Å². The predicted molar refractivity (Wildman–Crippen MR) is 109 cm³/mol. The average molecular weight is 409 g/mol. The summed E-state index contributed by atoms with van der Waals surface area (Å²) in [6.07, 6.45) is 6.13. The second kappa shape index (κ2) is 8.24. The van der Waals surface area contributed by atoms with E-state index >= 15 is 0 Å². The van der Waals surface area contributed by atoms with Crippen molar-refractivity contribution in [3.63, 3.8) is 0 Å². The van der Waals surface area contributed by atoms with Crippen molar-refractivity contribution in [2.24, 2.45) is 0 Å². The van der Waals surface area contributed by atoms with Crippen molar-refractivity contribution in [2.75, 3.05) is 6.54 Å². The van der Waals surface area contributed by atoms with Crippen LogP contribution in [0.15, 0.2) is 66.1 Å². The molecule has 0 aliphatic rings. The van der Waals surface area contributed by atoms with E-state index in [1.807, 2.05) is 18.2 Å². The molecule has 0 saturated carbocycles. The van der Waals surface area contributed by atoms with Gasteiger partial charge in [0.1, 0.15) is 11.7 Å². The quantitative estimate of drug-likeness (QED) is 0.527. The minimum atomic E-state index is -0.194. The van der Waals surface area contributed by atoms with Crippen molar-refractivity contribution in [3.8, 4) is 0 Å². The van der Waals surface area contributed by atoms with Gasteiger partial charge >= 0.3 is 0 Å². The van der Waals surface area contributed by atoms with Crippen LogP contribution in [0.4, 0.5) is 0 Å². The Hall–Kier alpha value is -3.52. The Morgan fingerprint density at radius 3 is 2.79 bits per heavy atom. The maximum atomic E-state index is 12.8. The number of hydrogen-bond acceptors (Lipinski definition) is 5. The number of carbonyl (C=O) groups is 1. The highest BCUT2D eigenvalue weighted by Gasteiger charge is 2.11. The first-order valence-electron chi connectivity index (χ1n) is 8.95. The lowest BCUT2D eigenvalue weighted by atomic mass is 10.2. The van der Waals surface area contributed by atoms with Crippen LogP contribution in [0.5, 0.6) is 0 Å². The van der Waals surface area contributed by atoms with Crippen LogP contribution >= 0.6 is 11.6 Å². The zero-order valence-corrected chi connectivity index (χ0v) is 16.1. The van der Waals surface area contributed by atoms with Crippen molar-refractivity contribution in [3.05, 3.63) is 87.8 Å². The molecule has 0 bridgehead atoms. The SMILES string of the molecule is O=C(NCCn1ncc2c(=O)n(Cc3cccc(Cl)c3)cnc21)c1ccncc1. The van der Waals surface area contributed by atoms with Gasteiger partial charge in [-0.3, -0.25) is 19.1 Å². The number of pyridine rings is 1. The second-order valence-corrected chi connectivity index (χ2v) is 6.84. The fourth-order valence-electron chi connectivity index (χ4n) is 2.99. The van der Waals surface area contributed by atoms with Crippen molar-refractivity contribution >= 4 is 28.5 Å². The summed E-state index contributed by atoms with van der Waals surface area (Å²) >= 11 is 6.01. The first kappa shape index (κ1) is 18.8. The highest BCUT2D eigenvalue weighted by Crippen LogP contribution is 2.12. The molecule has 0 aliphatic carbocycles. The molecule has 0 fully saturated rings. The van der Waals surface area contributed by atoms with Gasteiger partial charge in [-0.1, -0.05) is 23.7 Å². The van der Waals surface area contributed by atoms with Gasteiger partial charge < -0.3 is 5.32 Å². The standard InChI is InChI=1S/C20H17ClN6O2/c21-16-3-1-2-14(10-16)12-26-13-24-18-17(20(26)29)11-25-27(18)9-8-23-19(28)15-4-6-22-7-5-15/h1-7,10-11,13H,8-9,12H2,(H,23,28). The molecule has 1 aromatic carbocycles. The van der Waals surface area contributed by atoms with E-state index in [0.29, 0.717) is 41.3 Å². The molecule has 1 N–H and O–H groups in total. The van der Waals surface area contributed by atoms with Gasteiger partial charge in [0.05, 0.1) is 19.3 Å². The van der Waals surface area contributed by atoms with Crippen LogP contribution in [0, 0.1) is 0 Å². The van der Waals surface area contributed by atoms with Crippen LogP contribution < -0.4 is 10.9 Å². The highest BCUT2D eigenvalue weighted by atomic mass is 35.5. The van der Waals surface area contributed by atoms with E-state index < -0.39 is 0 Å². The van der Waals surface area contributed by atoms with E-state index in [0.717, 1.165) is 5.56 Å². The number of nitrogens with zero attached hydrogens (tertiary/aromatic N) is 5. The van der Waals surface area contributed by atoms with Crippen LogP contribution in [-0.4, -0.2) is 36.8 Å². The molecule has 146 valence electrons. The molecule has 0 radical (unpaired) electrons. The third-order valence-electron chi connectivity index (χ3n) is 4.42. The molecule has 0 atom stereocenters. The lowest BCUT2D eigenvalue weighted by Gasteiger charge is -2.08. The number of aromatic nitrogens is 5. The lowest BCUT2D eigenvalue weighted by Crippen LogP contribution is -2.27. The fraction of sp³-hybridized carbons (Fsp3) is 0.150. The van der Waals surface area contributed by atoms with Crippen molar-refractivity contribution < 1.29 is 4.79 Å². The highest BCUT2D eigenvalue weighted by molar-refractivity contribution is 6.30. The molecule has 3 heterocycles. The number of carbonyl (C=O) groups excluding carboxylic acids is 1. The van der Waals surface area contributed by atoms with Gasteiger partial charge in [-0.05, 0) is 29.8 Å². The Morgan fingerprint density at radius 1 is 1.17 bits per heavy atom. The van der Waals surface area contributed by atoms with E-state index in [1.165, 1.54) is 17.1 Å². The van der Waals surface area contributed by atoms with Crippen LogP contribution in [-0.2, 0) is 13.1 Å². The normalized spacial score (nSPS) is 10.9. The van der Waals surface area contributed by atoms with Gasteiger partial charge in [-0.2, -0.15) is 5.10 Å². The summed E-state index contributed by atoms with van der Waals surface area (Å²) in [7, 11) is 0. The smallest absolute Gasteiger partial charge is 0.264 e. The Bertz CT molecular complexity index is 1220. The molecule has 8 nitrogen and oxygen atoms in total. The minimum absolute atomic E-state index is 0.179. The summed E-state index contributed by atoms with van der Waals surface area (Å²) in [6.45, 7) is 1.12. The summed E-state index contributed by atoms with van der Waals surface area (Å²) in [5, 5.41) is 8.10. The van der Waals surface area contributed by atoms with E-state index in [2.05, 4.69) is 20.4 Å². The van der Waals surface area contributed by atoms with Crippen LogP contribution in [0.3, 0.4) is 0 Å². The predicted octanol–water partition coefficient (Wildman–Crippen LogP) is 2.12. The number of benzene rings is 1. The summed E-state index contributed by atoms with van der Waals surface area (Å²) < 4.78 is 3.12. The summed E-state index contributed by atoms with van der Waals surface area (Å²) in [5.74, 6) is -0.194. The number of fused-ring (bicyclic) bond motifs is 1. The van der Waals surface area contributed by atoms with E-state index in [1.54, 1.807) is 35.3 Å². The first-order chi connectivity index (χ1) is 14.1. The zero-order chi connectivity index (χ0) is 20.2. The second-order valence-electron chi connectivity index (χ2n) is 6.40. The summed E-state index contributed by atoms with van der Waals surface area (Å²) in [6, 6.07) is 10.6. The molecule has 0 spiro atoms. The van der Waals surface area contributed by atoms with Gasteiger partial charge in [0, 0.05) is 29.5 Å². The van der Waals surface area contributed by atoms with Gasteiger partial charge in [-0.25, -0.2) is 9.67 Å². The molecule has 3 aromatic heterocycles. The molecule has 9 heteroatoms. The number of hydrogen-bond donors (Lipinski definition) is 1. The number of halogens is 1. The maximum Gasteiger partial charge on any atom is 0.264 e. The molecular weight excluding hydrogens is 392 g/mol. The molecule has 0 unspecified atom stereocenters. The summed E-state index contributed by atoms with van der Waals surface area (Å²) in [4.78, 5) is 33.1. The number of nitrogens with one attached hydrogen (secondary N) is 1.